The summed E-state index contributed by atoms with van der Waals surface area (Å²) in [5.74, 6) is 0.721. The molecule has 6 heteroatoms. The van der Waals surface area contributed by atoms with Crippen molar-refractivity contribution in [2.24, 2.45) is 0 Å². The number of nitrogens with zero attached hydrogens (tertiary/aromatic N) is 4. The van der Waals surface area contributed by atoms with Gasteiger partial charge in [-0.25, -0.2) is 4.98 Å². The van der Waals surface area contributed by atoms with Crippen molar-refractivity contribution in [3.63, 3.8) is 0 Å². The van der Waals surface area contributed by atoms with Gasteiger partial charge in [0.05, 0.1) is 4.92 Å². The summed E-state index contributed by atoms with van der Waals surface area (Å²) >= 11 is 0. The molecular formula is C16H20N4O2. The van der Waals surface area contributed by atoms with Gasteiger partial charge >= 0.3 is 0 Å². The summed E-state index contributed by atoms with van der Waals surface area (Å²) in [5.41, 5.74) is 2.96. The van der Waals surface area contributed by atoms with Gasteiger partial charge in [0.2, 0.25) is 0 Å². The number of aryl methyl sites for hydroxylation is 1. The quantitative estimate of drug-likeness (QED) is 0.627. The van der Waals surface area contributed by atoms with Gasteiger partial charge in [-0.15, -0.1) is 0 Å². The Morgan fingerprint density at radius 1 is 1.23 bits per heavy atom. The summed E-state index contributed by atoms with van der Waals surface area (Å²) in [6, 6.07) is 10.00. The van der Waals surface area contributed by atoms with Crippen LogP contribution in [0.1, 0.15) is 11.1 Å². The highest BCUT2D eigenvalue weighted by atomic mass is 16.6. The molecule has 0 amide bonds. The van der Waals surface area contributed by atoms with Crippen molar-refractivity contribution >= 4 is 17.2 Å². The first-order valence-electron chi connectivity index (χ1n) is 6.97. The van der Waals surface area contributed by atoms with Gasteiger partial charge in [-0.2, -0.15) is 0 Å². The summed E-state index contributed by atoms with van der Waals surface area (Å²) in [7, 11) is 5.93. The molecule has 0 saturated heterocycles. The van der Waals surface area contributed by atoms with Crippen molar-refractivity contribution in [2.45, 2.75) is 13.5 Å². The zero-order valence-electron chi connectivity index (χ0n) is 13.3. The maximum atomic E-state index is 10.8. The Hall–Kier alpha value is -2.63. The summed E-state index contributed by atoms with van der Waals surface area (Å²) in [6.45, 7) is 2.41. The van der Waals surface area contributed by atoms with Crippen LogP contribution in [0.3, 0.4) is 0 Å². The van der Waals surface area contributed by atoms with Crippen molar-refractivity contribution in [2.75, 3.05) is 30.9 Å². The summed E-state index contributed by atoms with van der Waals surface area (Å²) < 4.78 is 0. The third-order valence-electron chi connectivity index (χ3n) is 3.50. The normalized spacial score (nSPS) is 10.4. The van der Waals surface area contributed by atoms with Crippen LogP contribution in [-0.4, -0.2) is 31.1 Å². The lowest BCUT2D eigenvalue weighted by Crippen LogP contribution is -2.18. The zero-order chi connectivity index (χ0) is 16.3. The Morgan fingerprint density at radius 2 is 1.95 bits per heavy atom. The number of anilines is 2. The minimum atomic E-state index is -0.410. The van der Waals surface area contributed by atoms with Crippen molar-refractivity contribution < 1.29 is 4.92 Å². The lowest BCUT2D eigenvalue weighted by atomic mass is 10.1. The van der Waals surface area contributed by atoms with Crippen LogP contribution in [-0.2, 0) is 6.54 Å². The lowest BCUT2D eigenvalue weighted by Gasteiger charge is -2.20. The Kier molecular flexibility index (Phi) is 4.60. The smallest absolute Gasteiger partial charge is 0.290 e. The van der Waals surface area contributed by atoms with Crippen LogP contribution in [0, 0.1) is 17.0 Å². The average Bonchev–Trinajstić information content (AvgIpc) is 2.46. The SMILES string of the molecule is Cc1cc(N(C)Cc2cccc(N(C)C)c2)ncc1[N+](=O)[O-]. The number of hydrogen-bond acceptors (Lipinski definition) is 5. The molecule has 6 nitrogen and oxygen atoms in total. The molecule has 1 aromatic heterocycles. The van der Waals surface area contributed by atoms with Gasteiger partial charge in [0.15, 0.2) is 0 Å². The second kappa shape index (κ2) is 6.43. The summed E-state index contributed by atoms with van der Waals surface area (Å²) in [4.78, 5) is 18.7. The molecule has 0 spiro atoms. The van der Waals surface area contributed by atoms with Crippen LogP contribution >= 0.6 is 0 Å². The van der Waals surface area contributed by atoms with Crippen LogP contribution in [0.15, 0.2) is 36.5 Å². The molecule has 0 aliphatic heterocycles. The Morgan fingerprint density at radius 3 is 2.55 bits per heavy atom. The molecule has 0 bridgehead atoms. The van der Waals surface area contributed by atoms with E-state index in [-0.39, 0.29) is 5.69 Å². The van der Waals surface area contributed by atoms with Gasteiger partial charge < -0.3 is 9.80 Å². The molecule has 0 fully saturated rings. The standard InChI is InChI=1S/C16H20N4O2/c1-12-8-16(17-10-15(12)20(21)22)19(4)11-13-6-5-7-14(9-13)18(2)3/h5-10H,11H2,1-4H3. The number of pyridine rings is 1. The van der Waals surface area contributed by atoms with Gasteiger partial charge in [-0.05, 0) is 30.7 Å². The summed E-state index contributed by atoms with van der Waals surface area (Å²) in [6.07, 6.45) is 1.32. The Bertz CT molecular complexity index is 686. The molecule has 2 aromatic rings. The number of rotatable bonds is 5. The first kappa shape index (κ1) is 15.8. The number of aromatic nitrogens is 1. The van der Waals surface area contributed by atoms with E-state index in [0.717, 1.165) is 17.1 Å². The first-order valence-corrected chi connectivity index (χ1v) is 6.97. The molecule has 1 aromatic carbocycles. The van der Waals surface area contributed by atoms with E-state index >= 15 is 0 Å². The van der Waals surface area contributed by atoms with E-state index in [1.54, 1.807) is 13.0 Å². The zero-order valence-corrected chi connectivity index (χ0v) is 13.3. The fourth-order valence-electron chi connectivity index (χ4n) is 2.22. The van der Waals surface area contributed by atoms with Crippen molar-refractivity contribution in [1.29, 1.82) is 0 Å². The third-order valence-corrected chi connectivity index (χ3v) is 3.50. The molecule has 22 heavy (non-hydrogen) atoms. The fourth-order valence-corrected chi connectivity index (χ4v) is 2.22. The summed E-state index contributed by atoms with van der Waals surface area (Å²) in [5, 5.41) is 10.8. The first-order chi connectivity index (χ1) is 10.4. The van der Waals surface area contributed by atoms with Gasteiger partial charge in [0.1, 0.15) is 12.0 Å². The minimum Gasteiger partial charge on any atom is -0.378 e. The Labute approximate surface area is 130 Å². The van der Waals surface area contributed by atoms with E-state index in [4.69, 9.17) is 0 Å². The van der Waals surface area contributed by atoms with E-state index in [0.29, 0.717) is 12.1 Å². The molecule has 1 heterocycles. The molecule has 0 aliphatic carbocycles. The average molecular weight is 300 g/mol. The Balaban J connectivity index is 2.18. The molecule has 116 valence electrons. The van der Waals surface area contributed by atoms with E-state index in [1.165, 1.54) is 6.20 Å². The monoisotopic (exact) mass is 300 g/mol. The van der Waals surface area contributed by atoms with Crippen molar-refractivity contribution in [3.8, 4) is 0 Å². The molecule has 0 N–H and O–H groups in total. The molecule has 0 aliphatic rings. The number of benzene rings is 1. The highest BCUT2D eigenvalue weighted by Gasteiger charge is 2.13. The van der Waals surface area contributed by atoms with E-state index in [1.807, 2.05) is 32.1 Å². The minimum absolute atomic E-state index is 0.0479. The third kappa shape index (κ3) is 3.52. The van der Waals surface area contributed by atoms with Gasteiger partial charge in [0, 0.05) is 38.9 Å². The largest absolute Gasteiger partial charge is 0.378 e. The van der Waals surface area contributed by atoms with Crippen molar-refractivity contribution in [1.82, 2.24) is 4.98 Å². The lowest BCUT2D eigenvalue weighted by molar-refractivity contribution is -0.385. The second-order valence-corrected chi connectivity index (χ2v) is 5.51. The van der Waals surface area contributed by atoms with Crippen LogP contribution in [0.5, 0.6) is 0 Å². The van der Waals surface area contributed by atoms with Crippen LogP contribution in [0.25, 0.3) is 0 Å². The highest BCUT2D eigenvalue weighted by molar-refractivity contribution is 5.50. The number of nitro groups is 1. The van der Waals surface area contributed by atoms with Gasteiger partial charge in [0.25, 0.3) is 5.69 Å². The predicted octanol–water partition coefficient (Wildman–Crippen LogP) is 3.00. The molecule has 0 atom stereocenters. The van der Waals surface area contributed by atoms with Gasteiger partial charge in [-0.1, -0.05) is 12.1 Å². The second-order valence-electron chi connectivity index (χ2n) is 5.51. The van der Waals surface area contributed by atoms with Gasteiger partial charge in [-0.3, -0.25) is 10.1 Å². The van der Waals surface area contributed by atoms with Crippen LogP contribution in [0.4, 0.5) is 17.2 Å². The fraction of sp³-hybridized carbons (Fsp3) is 0.312. The van der Waals surface area contributed by atoms with E-state index in [9.17, 15) is 10.1 Å². The highest BCUT2D eigenvalue weighted by Crippen LogP contribution is 2.22. The molecule has 0 radical (unpaired) electrons. The molecule has 0 unspecified atom stereocenters. The molecule has 2 rings (SSSR count). The van der Waals surface area contributed by atoms with Crippen molar-refractivity contribution in [3.05, 3.63) is 57.8 Å². The van der Waals surface area contributed by atoms with E-state index < -0.39 is 4.92 Å². The van der Waals surface area contributed by atoms with E-state index in [2.05, 4.69) is 28.1 Å². The molecule has 0 saturated carbocycles. The topological polar surface area (TPSA) is 62.5 Å². The predicted molar refractivity (Wildman–Crippen MR) is 88.5 cm³/mol. The number of hydrogen-bond donors (Lipinski definition) is 0. The maximum absolute atomic E-state index is 10.8. The molecular weight excluding hydrogens is 280 g/mol. The van der Waals surface area contributed by atoms with Crippen LogP contribution in [0.2, 0.25) is 0 Å². The maximum Gasteiger partial charge on any atom is 0.290 e. The van der Waals surface area contributed by atoms with Crippen LogP contribution < -0.4 is 9.80 Å².